The van der Waals surface area contributed by atoms with Crippen molar-refractivity contribution in [3.63, 3.8) is 0 Å². The molecule has 7 nitrogen and oxygen atoms in total. The van der Waals surface area contributed by atoms with Gasteiger partial charge in [-0.2, -0.15) is 0 Å². The number of anilines is 1. The maximum absolute atomic E-state index is 13.1. The van der Waals surface area contributed by atoms with Crippen LogP contribution in [0.5, 0.6) is 5.75 Å². The van der Waals surface area contributed by atoms with Crippen molar-refractivity contribution in [3.05, 3.63) is 58.0 Å². The van der Waals surface area contributed by atoms with Gasteiger partial charge >= 0.3 is 5.91 Å². The van der Waals surface area contributed by atoms with Gasteiger partial charge in [0.25, 0.3) is 0 Å². The van der Waals surface area contributed by atoms with E-state index in [9.17, 15) is 13.9 Å². The van der Waals surface area contributed by atoms with Gasteiger partial charge in [-0.1, -0.05) is 23.7 Å². The largest absolute Gasteiger partial charge is 0.478 e. The first-order chi connectivity index (χ1) is 14.2. The molecule has 1 aliphatic rings. The molecular weight excluding hydrogens is 426 g/mol. The third kappa shape index (κ3) is 4.88. The number of amides is 1. The van der Waals surface area contributed by atoms with Crippen LogP contribution in [-0.2, 0) is 15.8 Å². The van der Waals surface area contributed by atoms with E-state index in [4.69, 9.17) is 16.3 Å². The fraction of sp³-hybridized carbons (Fsp3) is 0.381. The molecule has 1 fully saturated rings. The van der Waals surface area contributed by atoms with E-state index in [2.05, 4.69) is 10.1 Å². The van der Waals surface area contributed by atoms with Gasteiger partial charge in [-0.05, 0) is 56.7 Å². The SMILES string of the molecule is Cc1cc(S(=O)N2CCN(c3ccccc3Cl)CC2)ccc1OC(C)(C)C(=O)N=O. The van der Waals surface area contributed by atoms with Gasteiger partial charge in [0.1, 0.15) is 16.7 Å². The average molecular weight is 450 g/mol. The number of carbonyl (C=O) groups is 1. The van der Waals surface area contributed by atoms with Crippen LogP contribution >= 0.6 is 11.6 Å². The van der Waals surface area contributed by atoms with Crippen LogP contribution < -0.4 is 9.64 Å². The van der Waals surface area contributed by atoms with E-state index in [0.29, 0.717) is 28.8 Å². The molecule has 1 unspecified atom stereocenters. The second-order valence-electron chi connectivity index (χ2n) is 7.55. The van der Waals surface area contributed by atoms with E-state index in [1.54, 1.807) is 25.1 Å². The molecule has 1 aliphatic heterocycles. The molecule has 1 atom stereocenters. The highest BCUT2D eigenvalue weighted by Gasteiger charge is 2.32. The normalized spacial score (nSPS) is 16.2. The lowest BCUT2D eigenvalue weighted by molar-refractivity contribution is -0.130. The van der Waals surface area contributed by atoms with Crippen LogP contribution in [0, 0.1) is 11.8 Å². The number of nitrogens with zero attached hydrogens (tertiary/aromatic N) is 3. The lowest BCUT2D eigenvalue weighted by Crippen LogP contribution is -2.47. The molecule has 3 rings (SSSR count). The summed E-state index contributed by atoms with van der Waals surface area (Å²) in [6, 6.07) is 12.9. The van der Waals surface area contributed by atoms with E-state index >= 15 is 0 Å². The molecule has 0 spiro atoms. The average Bonchev–Trinajstić information content (AvgIpc) is 2.74. The molecular formula is C21H24ClN3O4S. The highest BCUT2D eigenvalue weighted by Crippen LogP contribution is 2.29. The summed E-state index contributed by atoms with van der Waals surface area (Å²) in [4.78, 5) is 25.0. The Morgan fingerprint density at radius 2 is 1.80 bits per heavy atom. The number of rotatable bonds is 6. The smallest absolute Gasteiger partial charge is 0.328 e. The molecule has 1 heterocycles. The Balaban J connectivity index is 1.66. The highest BCUT2D eigenvalue weighted by atomic mass is 35.5. The number of ether oxygens (including phenoxy) is 1. The van der Waals surface area contributed by atoms with Crippen LogP contribution in [-0.4, -0.2) is 46.2 Å². The summed E-state index contributed by atoms with van der Waals surface area (Å²) in [5.41, 5.74) is 0.355. The zero-order valence-corrected chi connectivity index (χ0v) is 18.7. The quantitative estimate of drug-likeness (QED) is 0.624. The predicted octanol–water partition coefficient (Wildman–Crippen LogP) is 3.94. The lowest BCUT2D eigenvalue weighted by atomic mass is 10.1. The van der Waals surface area contributed by atoms with Crippen molar-refractivity contribution in [1.82, 2.24) is 4.31 Å². The van der Waals surface area contributed by atoms with Crippen LogP contribution in [0.25, 0.3) is 0 Å². The third-order valence-corrected chi connectivity index (χ3v) is 6.79. The van der Waals surface area contributed by atoms with Gasteiger partial charge in [0.2, 0.25) is 0 Å². The molecule has 160 valence electrons. The number of aryl methyl sites for hydroxylation is 1. The molecule has 2 aromatic carbocycles. The minimum atomic E-state index is -1.36. The van der Waals surface area contributed by atoms with Crippen molar-refractivity contribution in [1.29, 1.82) is 0 Å². The van der Waals surface area contributed by atoms with Crippen LogP contribution in [0.1, 0.15) is 19.4 Å². The maximum Gasteiger partial charge on any atom is 0.328 e. The molecule has 9 heteroatoms. The Morgan fingerprint density at radius 3 is 2.40 bits per heavy atom. The van der Waals surface area contributed by atoms with E-state index in [-0.39, 0.29) is 0 Å². The van der Waals surface area contributed by atoms with Crippen molar-refractivity contribution >= 4 is 34.2 Å². The summed E-state index contributed by atoms with van der Waals surface area (Å²) in [5, 5.41) is 3.16. The Kier molecular flexibility index (Phi) is 6.90. The number of para-hydroxylation sites is 1. The maximum atomic E-state index is 13.1. The number of nitroso groups, excluding NO2 is 1. The van der Waals surface area contributed by atoms with Crippen LogP contribution in [0.15, 0.2) is 52.5 Å². The van der Waals surface area contributed by atoms with Crippen LogP contribution in [0.3, 0.4) is 0 Å². The summed E-state index contributed by atoms with van der Waals surface area (Å²) < 4.78 is 20.6. The lowest BCUT2D eigenvalue weighted by Gasteiger charge is -2.35. The zero-order valence-electron chi connectivity index (χ0n) is 17.1. The fourth-order valence-electron chi connectivity index (χ4n) is 3.23. The first kappa shape index (κ1) is 22.4. The molecule has 0 bridgehead atoms. The Bertz CT molecular complexity index is 974. The van der Waals surface area contributed by atoms with Gasteiger partial charge in [0.15, 0.2) is 5.60 Å². The molecule has 0 radical (unpaired) electrons. The van der Waals surface area contributed by atoms with Crippen molar-refractivity contribution in [2.24, 2.45) is 5.18 Å². The second-order valence-corrected chi connectivity index (χ2v) is 9.45. The van der Waals surface area contributed by atoms with E-state index in [1.807, 2.05) is 28.6 Å². The predicted molar refractivity (Wildman–Crippen MR) is 118 cm³/mol. The van der Waals surface area contributed by atoms with Gasteiger partial charge in [-0.25, -0.2) is 8.51 Å². The van der Waals surface area contributed by atoms with Crippen molar-refractivity contribution < 1.29 is 13.7 Å². The summed E-state index contributed by atoms with van der Waals surface area (Å²) in [5.74, 6) is -0.438. The summed E-state index contributed by atoms with van der Waals surface area (Å²) in [7, 11) is -1.32. The highest BCUT2D eigenvalue weighted by molar-refractivity contribution is 7.82. The number of hydrogen-bond donors (Lipinski definition) is 0. The number of piperazine rings is 1. The Labute approximate surface area is 183 Å². The van der Waals surface area contributed by atoms with Gasteiger partial charge in [-0.3, -0.25) is 4.79 Å². The van der Waals surface area contributed by atoms with E-state index in [1.165, 1.54) is 13.8 Å². The van der Waals surface area contributed by atoms with Crippen LogP contribution in [0.2, 0.25) is 5.02 Å². The molecule has 1 amide bonds. The Morgan fingerprint density at radius 1 is 1.13 bits per heavy atom. The van der Waals surface area contributed by atoms with E-state index in [0.717, 1.165) is 24.3 Å². The second kappa shape index (κ2) is 9.24. The first-order valence-corrected chi connectivity index (χ1v) is 11.0. The standard InChI is InChI=1S/C21H24ClN3O4S/c1-15-14-16(8-9-19(15)29-21(2,3)20(26)23-27)30(28)25-12-10-24(11-13-25)18-7-5-4-6-17(18)22/h4-9,14H,10-13H2,1-3H3. The Hall–Kier alpha value is -2.29. The minimum absolute atomic E-state index is 0.446. The molecule has 0 N–H and O–H groups in total. The number of carbonyl (C=O) groups excluding carboxylic acids is 1. The van der Waals surface area contributed by atoms with Gasteiger partial charge in [0.05, 0.1) is 15.6 Å². The molecule has 0 saturated carbocycles. The van der Waals surface area contributed by atoms with Gasteiger partial charge in [0, 0.05) is 31.4 Å². The summed E-state index contributed by atoms with van der Waals surface area (Å²) in [6.45, 7) is 7.51. The van der Waals surface area contributed by atoms with Crippen LogP contribution in [0.4, 0.5) is 5.69 Å². The zero-order chi connectivity index (χ0) is 21.9. The van der Waals surface area contributed by atoms with Crippen molar-refractivity contribution in [3.8, 4) is 5.75 Å². The number of halogens is 1. The molecule has 0 aliphatic carbocycles. The topological polar surface area (TPSA) is 79.3 Å². The van der Waals surface area contributed by atoms with Crippen molar-refractivity contribution in [2.75, 3.05) is 31.1 Å². The van der Waals surface area contributed by atoms with Gasteiger partial charge in [-0.15, -0.1) is 4.91 Å². The van der Waals surface area contributed by atoms with Gasteiger partial charge < -0.3 is 9.64 Å². The number of benzene rings is 2. The minimum Gasteiger partial charge on any atom is -0.478 e. The summed E-state index contributed by atoms with van der Waals surface area (Å²) in [6.07, 6.45) is 0. The van der Waals surface area contributed by atoms with Crippen molar-refractivity contribution in [2.45, 2.75) is 31.3 Å². The molecule has 30 heavy (non-hydrogen) atoms. The number of hydrogen-bond acceptors (Lipinski definition) is 5. The molecule has 1 saturated heterocycles. The summed E-state index contributed by atoms with van der Waals surface area (Å²) >= 11 is 6.29. The molecule has 0 aromatic heterocycles. The third-order valence-electron chi connectivity index (χ3n) is 4.98. The van der Waals surface area contributed by atoms with E-state index < -0.39 is 22.5 Å². The fourth-order valence-corrected chi connectivity index (χ4v) is 4.74. The monoisotopic (exact) mass is 449 g/mol. The molecule has 2 aromatic rings. The first-order valence-electron chi connectivity index (χ1n) is 9.56.